The van der Waals surface area contributed by atoms with Crippen LogP contribution in [0.2, 0.25) is 0 Å². The summed E-state index contributed by atoms with van der Waals surface area (Å²) < 4.78 is 0.652. The van der Waals surface area contributed by atoms with E-state index >= 15 is 0 Å². The molecule has 1 aromatic heterocycles. The van der Waals surface area contributed by atoms with Gasteiger partial charge in [0, 0.05) is 22.3 Å². The monoisotopic (exact) mass is 479 g/mol. The molecule has 1 fully saturated rings. The van der Waals surface area contributed by atoms with Gasteiger partial charge in [-0.3, -0.25) is 24.6 Å². The number of pyridine rings is 1. The molecule has 8 nitrogen and oxygen atoms in total. The SMILES string of the molecule is O=C1C(=O)N(c2ccc(Br)cn2)C(c2ccccc2[N+](=O)[O-])C1=C(O)c1ccccc1. The molecule has 0 bridgehead atoms. The first-order valence-electron chi connectivity index (χ1n) is 9.11. The third kappa shape index (κ3) is 3.59. The van der Waals surface area contributed by atoms with Gasteiger partial charge in [-0.05, 0) is 34.1 Å². The van der Waals surface area contributed by atoms with E-state index in [1.165, 1.54) is 30.5 Å². The average Bonchev–Trinajstić information content (AvgIpc) is 3.05. The predicted octanol–water partition coefficient (Wildman–Crippen LogP) is 4.38. The van der Waals surface area contributed by atoms with E-state index in [0.717, 1.165) is 4.90 Å². The van der Waals surface area contributed by atoms with E-state index in [9.17, 15) is 24.8 Å². The normalized spacial score (nSPS) is 17.7. The Morgan fingerprint density at radius 2 is 1.71 bits per heavy atom. The van der Waals surface area contributed by atoms with E-state index in [1.54, 1.807) is 42.5 Å². The van der Waals surface area contributed by atoms with E-state index < -0.39 is 28.4 Å². The van der Waals surface area contributed by atoms with Gasteiger partial charge in [0.25, 0.3) is 11.5 Å². The Kier molecular flexibility index (Phi) is 5.35. The largest absolute Gasteiger partial charge is 0.507 e. The van der Waals surface area contributed by atoms with E-state index in [-0.39, 0.29) is 22.6 Å². The number of nitro groups is 1. The highest BCUT2D eigenvalue weighted by molar-refractivity contribution is 9.10. The zero-order valence-electron chi connectivity index (χ0n) is 15.8. The maximum atomic E-state index is 13.0. The highest BCUT2D eigenvalue weighted by Gasteiger charge is 2.49. The Morgan fingerprint density at radius 3 is 2.35 bits per heavy atom. The smallest absolute Gasteiger partial charge is 0.301 e. The van der Waals surface area contributed by atoms with Crippen LogP contribution in [0.25, 0.3) is 5.76 Å². The number of benzene rings is 2. The lowest BCUT2D eigenvalue weighted by Crippen LogP contribution is -2.30. The molecular formula is C22H14BrN3O5. The average molecular weight is 480 g/mol. The van der Waals surface area contributed by atoms with Crippen molar-refractivity contribution < 1.29 is 19.6 Å². The molecule has 154 valence electrons. The first kappa shape index (κ1) is 20.4. The molecule has 1 aliphatic heterocycles. The summed E-state index contributed by atoms with van der Waals surface area (Å²) in [4.78, 5) is 42.4. The van der Waals surface area contributed by atoms with Gasteiger partial charge in [-0.2, -0.15) is 0 Å². The topological polar surface area (TPSA) is 114 Å². The molecule has 2 heterocycles. The van der Waals surface area contributed by atoms with Gasteiger partial charge in [-0.1, -0.05) is 42.5 Å². The molecule has 9 heteroatoms. The van der Waals surface area contributed by atoms with Gasteiger partial charge in [0.1, 0.15) is 17.6 Å². The fraction of sp³-hybridized carbons (Fsp3) is 0.0455. The lowest BCUT2D eigenvalue weighted by atomic mass is 9.94. The molecule has 1 saturated heterocycles. The highest BCUT2D eigenvalue weighted by atomic mass is 79.9. The third-order valence-corrected chi connectivity index (χ3v) is 5.35. The van der Waals surface area contributed by atoms with E-state index in [1.807, 2.05) is 0 Å². The van der Waals surface area contributed by atoms with Crippen LogP contribution >= 0.6 is 15.9 Å². The fourth-order valence-electron chi connectivity index (χ4n) is 3.51. The predicted molar refractivity (Wildman–Crippen MR) is 116 cm³/mol. The zero-order chi connectivity index (χ0) is 22.1. The molecule has 0 spiro atoms. The van der Waals surface area contributed by atoms with Gasteiger partial charge >= 0.3 is 5.91 Å². The molecular weight excluding hydrogens is 466 g/mol. The summed E-state index contributed by atoms with van der Waals surface area (Å²) in [5.74, 6) is -2.17. The molecule has 1 N–H and O–H groups in total. The zero-order valence-corrected chi connectivity index (χ0v) is 17.4. The number of rotatable bonds is 4. The summed E-state index contributed by atoms with van der Waals surface area (Å²) in [5.41, 5.74) is -0.118. The molecule has 1 amide bonds. The quantitative estimate of drug-likeness (QED) is 0.195. The van der Waals surface area contributed by atoms with Gasteiger partial charge in [-0.15, -0.1) is 0 Å². The molecule has 3 aromatic rings. The van der Waals surface area contributed by atoms with Gasteiger partial charge in [0.15, 0.2) is 0 Å². The van der Waals surface area contributed by atoms with Crippen molar-refractivity contribution in [2.24, 2.45) is 0 Å². The van der Waals surface area contributed by atoms with Crippen LogP contribution in [-0.4, -0.2) is 26.7 Å². The molecule has 1 aliphatic rings. The molecule has 0 saturated carbocycles. The number of halogens is 1. The number of aliphatic hydroxyl groups is 1. The fourth-order valence-corrected chi connectivity index (χ4v) is 3.74. The molecule has 31 heavy (non-hydrogen) atoms. The summed E-state index contributed by atoms with van der Waals surface area (Å²) in [7, 11) is 0. The van der Waals surface area contributed by atoms with E-state index in [0.29, 0.717) is 10.0 Å². The van der Waals surface area contributed by atoms with Gasteiger partial charge in [0.05, 0.1) is 16.1 Å². The van der Waals surface area contributed by atoms with Crippen LogP contribution in [0.4, 0.5) is 11.5 Å². The number of Topliss-reactive ketones (excluding diaryl/α,β-unsaturated/α-hetero) is 1. The summed E-state index contributed by atoms with van der Waals surface area (Å²) in [6.45, 7) is 0. The number of carbonyl (C=O) groups excluding carboxylic acids is 2. The number of carbonyl (C=O) groups is 2. The van der Waals surface area contributed by atoms with Crippen LogP contribution in [0.5, 0.6) is 0 Å². The maximum absolute atomic E-state index is 13.0. The van der Waals surface area contributed by atoms with Crippen molar-refractivity contribution in [1.82, 2.24) is 4.98 Å². The van der Waals surface area contributed by atoms with Crippen LogP contribution in [0.15, 0.2) is 83.0 Å². The van der Waals surface area contributed by atoms with Crippen molar-refractivity contribution in [3.63, 3.8) is 0 Å². The molecule has 2 aromatic carbocycles. The molecule has 0 radical (unpaired) electrons. The number of aromatic nitrogens is 1. The number of aliphatic hydroxyl groups excluding tert-OH is 1. The van der Waals surface area contributed by atoms with Crippen molar-refractivity contribution in [3.05, 3.63) is 104 Å². The number of amides is 1. The van der Waals surface area contributed by atoms with E-state index in [2.05, 4.69) is 20.9 Å². The third-order valence-electron chi connectivity index (χ3n) is 4.88. The number of nitro benzene ring substituents is 1. The Hall–Kier alpha value is -3.85. The van der Waals surface area contributed by atoms with Gasteiger partial charge in [0.2, 0.25) is 0 Å². The summed E-state index contributed by atoms with van der Waals surface area (Å²) in [6, 6.07) is 16.0. The van der Waals surface area contributed by atoms with Crippen molar-refractivity contribution in [2.45, 2.75) is 6.04 Å². The Morgan fingerprint density at radius 1 is 1.03 bits per heavy atom. The second-order valence-corrected chi connectivity index (χ2v) is 7.60. The van der Waals surface area contributed by atoms with Crippen LogP contribution in [0.3, 0.4) is 0 Å². The molecule has 4 rings (SSSR count). The van der Waals surface area contributed by atoms with Gasteiger partial charge in [-0.25, -0.2) is 4.98 Å². The van der Waals surface area contributed by atoms with Crippen molar-refractivity contribution in [2.75, 3.05) is 4.90 Å². The highest BCUT2D eigenvalue weighted by Crippen LogP contribution is 2.44. The lowest BCUT2D eigenvalue weighted by Gasteiger charge is -2.24. The Bertz CT molecular complexity index is 1230. The summed E-state index contributed by atoms with van der Waals surface area (Å²) in [5, 5.41) is 22.7. The van der Waals surface area contributed by atoms with E-state index in [4.69, 9.17) is 0 Å². The number of para-hydroxylation sites is 1. The number of nitrogens with zero attached hydrogens (tertiary/aromatic N) is 3. The molecule has 1 unspecified atom stereocenters. The second kappa shape index (κ2) is 8.11. The van der Waals surface area contributed by atoms with Crippen LogP contribution in [0.1, 0.15) is 17.2 Å². The lowest BCUT2D eigenvalue weighted by molar-refractivity contribution is -0.385. The number of anilines is 1. The summed E-state index contributed by atoms with van der Waals surface area (Å²) >= 11 is 3.27. The molecule has 1 atom stereocenters. The Labute approximate surface area is 184 Å². The maximum Gasteiger partial charge on any atom is 0.301 e. The van der Waals surface area contributed by atoms with Crippen LogP contribution in [-0.2, 0) is 9.59 Å². The van der Waals surface area contributed by atoms with Crippen molar-refractivity contribution in [3.8, 4) is 0 Å². The standard InChI is InChI=1S/C22H14BrN3O5/c23-14-10-11-17(24-12-14)25-19(15-8-4-5-9-16(15)26(30)31)18(21(28)22(25)29)20(27)13-6-2-1-3-7-13/h1-12,19,27H. The minimum absolute atomic E-state index is 0.0916. The Balaban J connectivity index is 2.01. The first-order chi connectivity index (χ1) is 14.9. The summed E-state index contributed by atoms with van der Waals surface area (Å²) in [6.07, 6.45) is 1.45. The second-order valence-electron chi connectivity index (χ2n) is 6.69. The number of hydrogen-bond acceptors (Lipinski definition) is 6. The van der Waals surface area contributed by atoms with Crippen molar-refractivity contribution in [1.29, 1.82) is 0 Å². The van der Waals surface area contributed by atoms with Crippen LogP contribution in [0, 0.1) is 10.1 Å². The van der Waals surface area contributed by atoms with Crippen LogP contribution < -0.4 is 4.90 Å². The van der Waals surface area contributed by atoms with Crippen molar-refractivity contribution >= 4 is 44.9 Å². The van der Waals surface area contributed by atoms with Gasteiger partial charge < -0.3 is 5.11 Å². The first-order valence-corrected chi connectivity index (χ1v) is 9.90. The number of hydrogen-bond donors (Lipinski definition) is 1. The number of ketones is 1. The minimum atomic E-state index is -1.23. The molecule has 0 aliphatic carbocycles. The minimum Gasteiger partial charge on any atom is -0.507 e.